The molecule has 138 valence electrons. The fourth-order valence-electron chi connectivity index (χ4n) is 2.94. The van der Waals surface area contributed by atoms with Crippen molar-refractivity contribution < 1.29 is 28.2 Å². The molecular weight excluding hydrogens is 350 g/mol. The highest BCUT2D eigenvalue weighted by Crippen LogP contribution is 2.23. The summed E-state index contributed by atoms with van der Waals surface area (Å²) in [5.74, 6) is -1.54. The number of hydrogen-bond donors (Lipinski definition) is 1. The third-order valence-corrected chi connectivity index (χ3v) is 4.20. The van der Waals surface area contributed by atoms with Crippen molar-refractivity contribution >= 4 is 11.9 Å². The Kier molecular flexibility index (Phi) is 4.83. The first kappa shape index (κ1) is 17.8. The fourth-order valence-corrected chi connectivity index (χ4v) is 2.94. The van der Waals surface area contributed by atoms with Crippen molar-refractivity contribution in [2.24, 2.45) is 0 Å². The highest BCUT2D eigenvalue weighted by Gasteiger charge is 2.36. The van der Waals surface area contributed by atoms with E-state index in [0.29, 0.717) is 30.8 Å². The number of carboxylic acid groups (broad SMARTS) is 1. The largest absolute Gasteiger partial charge is 0.480 e. The summed E-state index contributed by atoms with van der Waals surface area (Å²) in [6, 6.07) is 4.85. The van der Waals surface area contributed by atoms with Crippen LogP contribution in [-0.2, 0) is 4.79 Å². The topological polar surface area (TPSA) is 97.5 Å². The number of ether oxygens (including phenoxy) is 1. The van der Waals surface area contributed by atoms with Crippen LogP contribution in [0.15, 0.2) is 24.3 Å². The van der Waals surface area contributed by atoms with Gasteiger partial charge in [0, 0.05) is 6.54 Å². The minimum Gasteiger partial charge on any atom is -0.480 e. The molecule has 8 nitrogen and oxygen atoms in total. The first-order chi connectivity index (χ1) is 12.4. The number of alkyl halides is 2. The number of rotatable bonds is 5. The number of carbonyl (C=O) groups excluding carboxylic acids is 1. The van der Waals surface area contributed by atoms with Crippen LogP contribution in [0.25, 0.3) is 5.69 Å². The second-order valence-corrected chi connectivity index (χ2v) is 5.80. The number of aromatic nitrogens is 3. The quantitative estimate of drug-likeness (QED) is 0.868. The Morgan fingerprint density at radius 2 is 2.00 bits per heavy atom. The lowest BCUT2D eigenvalue weighted by Crippen LogP contribution is -2.40. The Hall–Kier alpha value is -3.04. The Morgan fingerprint density at radius 1 is 1.31 bits per heavy atom. The van der Waals surface area contributed by atoms with Gasteiger partial charge in [0.1, 0.15) is 11.8 Å². The van der Waals surface area contributed by atoms with Crippen molar-refractivity contribution in [3.63, 3.8) is 0 Å². The standard InChI is InChI=1S/C16H16F2N4O4/c1-9-13(14(23)21-8-2-3-12(21)15(24)25)19-20-22(9)10-4-6-11(7-5-10)26-16(17)18/h4-7,12,16H,2-3,8H2,1H3,(H,24,25). The van der Waals surface area contributed by atoms with Gasteiger partial charge in [-0.2, -0.15) is 8.78 Å². The number of carboxylic acids is 1. The molecule has 1 amide bonds. The number of hydrogen-bond acceptors (Lipinski definition) is 5. The molecule has 0 aliphatic carbocycles. The van der Waals surface area contributed by atoms with Crippen LogP contribution in [0.5, 0.6) is 5.75 Å². The van der Waals surface area contributed by atoms with Gasteiger partial charge in [-0.05, 0) is 44.0 Å². The van der Waals surface area contributed by atoms with E-state index < -0.39 is 24.5 Å². The van der Waals surface area contributed by atoms with E-state index in [1.165, 1.54) is 33.8 Å². The van der Waals surface area contributed by atoms with Crippen LogP contribution in [0.4, 0.5) is 8.78 Å². The molecular formula is C16H16F2N4O4. The van der Waals surface area contributed by atoms with Gasteiger partial charge in [0.15, 0.2) is 5.69 Å². The lowest BCUT2D eigenvalue weighted by molar-refractivity contribution is -0.141. The predicted octanol–water partition coefficient (Wildman–Crippen LogP) is 1.87. The number of likely N-dealkylation sites (tertiary alicyclic amines) is 1. The maximum absolute atomic E-state index is 12.6. The van der Waals surface area contributed by atoms with Crippen LogP contribution in [0.3, 0.4) is 0 Å². The maximum atomic E-state index is 12.6. The first-order valence-electron chi connectivity index (χ1n) is 7.90. The molecule has 2 aromatic rings. The fraction of sp³-hybridized carbons (Fsp3) is 0.375. The van der Waals surface area contributed by atoms with Gasteiger partial charge in [-0.25, -0.2) is 9.48 Å². The van der Waals surface area contributed by atoms with Crippen LogP contribution in [0, 0.1) is 6.92 Å². The second kappa shape index (κ2) is 7.06. The molecule has 2 heterocycles. The molecule has 1 aromatic heterocycles. The van der Waals surface area contributed by atoms with E-state index in [2.05, 4.69) is 15.0 Å². The monoisotopic (exact) mass is 366 g/mol. The van der Waals surface area contributed by atoms with Crippen LogP contribution >= 0.6 is 0 Å². The first-order valence-corrected chi connectivity index (χ1v) is 7.90. The van der Waals surface area contributed by atoms with Gasteiger partial charge in [0.2, 0.25) is 0 Å². The van der Waals surface area contributed by atoms with Gasteiger partial charge in [0.05, 0.1) is 11.4 Å². The minimum atomic E-state index is -2.92. The third-order valence-electron chi connectivity index (χ3n) is 4.20. The van der Waals surface area contributed by atoms with Crippen molar-refractivity contribution in [2.45, 2.75) is 32.4 Å². The Morgan fingerprint density at radius 3 is 2.62 bits per heavy atom. The van der Waals surface area contributed by atoms with Crippen molar-refractivity contribution in [1.29, 1.82) is 0 Å². The summed E-state index contributed by atoms with van der Waals surface area (Å²) < 4.78 is 30.1. The number of carbonyl (C=O) groups is 2. The second-order valence-electron chi connectivity index (χ2n) is 5.80. The number of halogens is 2. The van der Waals surface area contributed by atoms with Crippen LogP contribution < -0.4 is 4.74 Å². The molecule has 1 aliphatic heterocycles. The van der Waals surface area contributed by atoms with Crippen molar-refractivity contribution in [3.8, 4) is 11.4 Å². The maximum Gasteiger partial charge on any atom is 0.387 e. The molecule has 1 fully saturated rings. The van der Waals surface area contributed by atoms with Crippen LogP contribution in [0.1, 0.15) is 29.0 Å². The van der Waals surface area contributed by atoms with Crippen molar-refractivity contribution in [2.75, 3.05) is 6.54 Å². The summed E-state index contributed by atoms with van der Waals surface area (Å²) >= 11 is 0. The van der Waals surface area contributed by atoms with Gasteiger partial charge in [-0.3, -0.25) is 4.79 Å². The normalized spacial score (nSPS) is 16.9. The molecule has 1 unspecified atom stereocenters. The summed E-state index contributed by atoms with van der Waals surface area (Å²) in [6.07, 6.45) is 1.02. The molecule has 1 aromatic carbocycles. The smallest absolute Gasteiger partial charge is 0.387 e. The zero-order valence-corrected chi connectivity index (χ0v) is 13.8. The molecule has 1 N–H and O–H groups in total. The summed E-state index contributed by atoms with van der Waals surface area (Å²) in [5, 5.41) is 17.0. The number of nitrogens with zero attached hydrogens (tertiary/aromatic N) is 4. The van der Waals surface area contributed by atoms with Gasteiger partial charge in [-0.1, -0.05) is 5.21 Å². The van der Waals surface area contributed by atoms with Gasteiger partial charge < -0.3 is 14.7 Å². The van der Waals surface area contributed by atoms with E-state index in [0.717, 1.165) is 0 Å². The van der Waals surface area contributed by atoms with E-state index in [-0.39, 0.29) is 11.4 Å². The number of amides is 1. The van der Waals surface area contributed by atoms with Gasteiger partial charge in [0.25, 0.3) is 5.91 Å². The third kappa shape index (κ3) is 3.35. The highest BCUT2D eigenvalue weighted by molar-refractivity contribution is 5.96. The van der Waals surface area contributed by atoms with E-state index in [1.807, 2.05) is 0 Å². The summed E-state index contributed by atoms with van der Waals surface area (Å²) in [6.45, 7) is -0.939. The zero-order chi connectivity index (χ0) is 18.8. The molecule has 1 aliphatic rings. The molecule has 1 saturated heterocycles. The molecule has 1 atom stereocenters. The summed E-state index contributed by atoms with van der Waals surface area (Å²) in [5.41, 5.74) is 0.992. The molecule has 10 heteroatoms. The van der Waals surface area contributed by atoms with E-state index in [1.54, 1.807) is 6.92 Å². The Balaban J connectivity index is 1.83. The predicted molar refractivity (Wildman–Crippen MR) is 84.4 cm³/mol. The van der Waals surface area contributed by atoms with Crippen LogP contribution in [0.2, 0.25) is 0 Å². The highest BCUT2D eigenvalue weighted by atomic mass is 19.3. The number of benzene rings is 1. The molecule has 0 saturated carbocycles. The zero-order valence-electron chi connectivity index (χ0n) is 13.8. The minimum absolute atomic E-state index is 0.000755. The number of aliphatic carboxylic acids is 1. The summed E-state index contributed by atoms with van der Waals surface area (Å²) in [7, 11) is 0. The molecule has 0 bridgehead atoms. The average molecular weight is 366 g/mol. The Bertz CT molecular complexity index is 822. The molecule has 0 spiro atoms. The summed E-state index contributed by atoms with van der Waals surface area (Å²) in [4.78, 5) is 25.2. The lowest BCUT2D eigenvalue weighted by atomic mass is 10.2. The van der Waals surface area contributed by atoms with Crippen molar-refractivity contribution in [1.82, 2.24) is 19.9 Å². The SMILES string of the molecule is Cc1c(C(=O)N2CCCC2C(=O)O)nnn1-c1ccc(OC(F)F)cc1. The molecule has 0 radical (unpaired) electrons. The van der Waals surface area contributed by atoms with Gasteiger partial charge >= 0.3 is 12.6 Å². The van der Waals surface area contributed by atoms with E-state index in [9.17, 15) is 23.5 Å². The Labute approximate surface area is 147 Å². The van der Waals surface area contributed by atoms with Crippen LogP contribution in [-0.4, -0.2) is 56.1 Å². The van der Waals surface area contributed by atoms with E-state index >= 15 is 0 Å². The molecule has 26 heavy (non-hydrogen) atoms. The van der Waals surface area contributed by atoms with Crippen molar-refractivity contribution in [3.05, 3.63) is 35.7 Å². The lowest BCUT2D eigenvalue weighted by Gasteiger charge is -2.20. The van der Waals surface area contributed by atoms with E-state index in [4.69, 9.17) is 0 Å². The average Bonchev–Trinajstić information content (AvgIpc) is 3.21. The van der Waals surface area contributed by atoms with Gasteiger partial charge in [-0.15, -0.1) is 5.10 Å². The molecule has 3 rings (SSSR count).